The highest BCUT2D eigenvalue weighted by atomic mass is 15.1. The standard InChI is InChI=1S/C21H43N/c1-10-20(9)18(8)21(20,11-2)22-14-17(7)13-19(16(5)6)12-15(3)4/h15-19,22H,10-14H2,1-9H3. The minimum Gasteiger partial charge on any atom is -0.310 e. The van der Waals surface area contributed by atoms with Crippen LogP contribution in [0.4, 0.5) is 0 Å². The number of hydrogen-bond donors (Lipinski definition) is 1. The zero-order valence-corrected chi connectivity index (χ0v) is 16.9. The van der Waals surface area contributed by atoms with E-state index in [1.54, 1.807) is 0 Å². The van der Waals surface area contributed by atoms with Crippen molar-refractivity contribution in [3.05, 3.63) is 0 Å². The van der Waals surface area contributed by atoms with Crippen molar-refractivity contribution in [2.24, 2.45) is 35.0 Å². The molecule has 5 unspecified atom stereocenters. The molecule has 0 aromatic rings. The number of rotatable bonds is 10. The molecule has 1 saturated carbocycles. The average Bonchev–Trinajstić information content (AvgIpc) is 2.92. The Labute approximate surface area is 141 Å². The molecule has 0 spiro atoms. The topological polar surface area (TPSA) is 12.0 Å². The summed E-state index contributed by atoms with van der Waals surface area (Å²) in [6.45, 7) is 22.8. The second kappa shape index (κ2) is 7.69. The molecule has 1 N–H and O–H groups in total. The van der Waals surface area contributed by atoms with E-state index in [9.17, 15) is 0 Å². The highest BCUT2D eigenvalue weighted by Gasteiger charge is 2.68. The van der Waals surface area contributed by atoms with Crippen LogP contribution < -0.4 is 5.32 Å². The molecule has 1 heteroatoms. The molecule has 132 valence electrons. The van der Waals surface area contributed by atoms with E-state index in [-0.39, 0.29) is 0 Å². The molecule has 0 aromatic heterocycles. The SMILES string of the molecule is CCC1(C)C(C)C1(CC)NCC(C)CC(CC(C)C)C(C)C. The Kier molecular flexibility index (Phi) is 6.99. The first-order chi connectivity index (χ1) is 10.1. The van der Waals surface area contributed by atoms with Gasteiger partial charge in [0.1, 0.15) is 0 Å². The smallest absolute Gasteiger partial charge is 0.0267 e. The third kappa shape index (κ3) is 3.89. The van der Waals surface area contributed by atoms with Gasteiger partial charge in [0.2, 0.25) is 0 Å². The lowest BCUT2D eigenvalue weighted by Crippen LogP contribution is -2.39. The van der Waals surface area contributed by atoms with Gasteiger partial charge >= 0.3 is 0 Å². The highest BCUT2D eigenvalue weighted by Crippen LogP contribution is 2.65. The van der Waals surface area contributed by atoms with E-state index in [1.165, 1.54) is 32.2 Å². The molecular weight excluding hydrogens is 266 g/mol. The summed E-state index contributed by atoms with van der Waals surface area (Å²) in [5.74, 6) is 4.11. The highest BCUT2D eigenvalue weighted by molar-refractivity contribution is 5.23. The molecule has 0 aliphatic heterocycles. The monoisotopic (exact) mass is 309 g/mol. The first-order valence-corrected chi connectivity index (χ1v) is 9.89. The maximum atomic E-state index is 4.01. The van der Waals surface area contributed by atoms with Gasteiger partial charge in [-0.05, 0) is 67.2 Å². The van der Waals surface area contributed by atoms with Crippen molar-refractivity contribution in [1.82, 2.24) is 5.32 Å². The van der Waals surface area contributed by atoms with Gasteiger partial charge in [-0.2, -0.15) is 0 Å². The Hall–Kier alpha value is -0.0400. The van der Waals surface area contributed by atoms with E-state index in [0.717, 1.165) is 29.6 Å². The van der Waals surface area contributed by atoms with Crippen LogP contribution in [0.15, 0.2) is 0 Å². The zero-order chi connectivity index (χ0) is 17.1. The van der Waals surface area contributed by atoms with Crippen molar-refractivity contribution in [1.29, 1.82) is 0 Å². The summed E-state index contributed by atoms with van der Waals surface area (Å²) in [5.41, 5.74) is 0.915. The summed E-state index contributed by atoms with van der Waals surface area (Å²) in [6.07, 6.45) is 5.32. The third-order valence-corrected chi connectivity index (χ3v) is 7.11. The second-order valence-corrected chi connectivity index (χ2v) is 9.17. The molecule has 1 rings (SSSR count). The van der Waals surface area contributed by atoms with Gasteiger partial charge in [0.15, 0.2) is 0 Å². The quantitative estimate of drug-likeness (QED) is 0.511. The maximum Gasteiger partial charge on any atom is 0.0267 e. The lowest BCUT2D eigenvalue weighted by molar-refractivity contribution is 0.246. The molecule has 0 amide bonds. The largest absolute Gasteiger partial charge is 0.310 e. The molecule has 1 aliphatic rings. The summed E-state index contributed by atoms with van der Waals surface area (Å²) >= 11 is 0. The first kappa shape index (κ1) is 20.0. The van der Waals surface area contributed by atoms with Gasteiger partial charge in [-0.15, -0.1) is 0 Å². The minimum absolute atomic E-state index is 0.404. The van der Waals surface area contributed by atoms with Crippen LogP contribution in [0.1, 0.15) is 88.0 Å². The molecular formula is C21H43N. The molecule has 1 nitrogen and oxygen atoms in total. The summed E-state index contributed by atoms with van der Waals surface area (Å²) in [5, 5.41) is 4.01. The fourth-order valence-corrected chi connectivity index (χ4v) is 5.03. The van der Waals surface area contributed by atoms with Gasteiger partial charge in [0, 0.05) is 5.54 Å². The van der Waals surface area contributed by atoms with Crippen LogP contribution in [-0.2, 0) is 0 Å². The van der Waals surface area contributed by atoms with Crippen molar-refractivity contribution in [3.63, 3.8) is 0 Å². The van der Waals surface area contributed by atoms with Crippen molar-refractivity contribution < 1.29 is 0 Å². The van der Waals surface area contributed by atoms with Gasteiger partial charge in [-0.25, -0.2) is 0 Å². The summed E-state index contributed by atoms with van der Waals surface area (Å²) in [6, 6.07) is 0. The Morgan fingerprint density at radius 1 is 0.955 bits per heavy atom. The molecule has 0 saturated heterocycles. The lowest BCUT2D eigenvalue weighted by Gasteiger charge is -2.29. The van der Waals surface area contributed by atoms with E-state index in [2.05, 4.69) is 67.6 Å². The average molecular weight is 310 g/mol. The third-order valence-electron chi connectivity index (χ3n) is 7.11. The van der Waals surface area contributed by atoms with Crippen LogP contribution >= 0.6 is 0 Å². The van der Waals surface area contributed by atoms with Crippen LogP contribution in [0.2, 0.25) is 0 Å². The van der Waals surface area contributed by atoms with Gasteiger partial charge in [-0.3, -0.25) is 0 Å². The Morgan fingerprint density at radius 3 is 1.91 bits per heavy atom. The van der Waals surface area contributed by atoms with Crippen LogP contribution in [-0.4, -0.2) is 12.1 Å². The molecule has 22 heavy (non-hydrogen) atoms. The van der Waals surface area contributed by atoms with E-state index in [4.69, 9.17) is 0 Å². The molecule has 0 radical (unpaired) electrons. The van der Waals surface area contributed by atoms with Gasteiger partial charge < -0.3 is 5.32 Å². The molecule has 1 aliphatic carbocycles. The molecule has 5 atom stereocenters. The summed E-state index contributed by atoms with van der Waals surface area (Å²) < 4.78 is 0. The minimum atomic E-state index is 0.404. The Bertz CT molecular complexity index is 335. The number of hydrogen-bond acceptors (Lipinski definition) is 1. The normalized spacial score (nSPS) is 34.2. The fraction of sp³-hybridized carbons (Fsp3) is 1.00. The fourth-order valence-electron chi connectivity index (χ4n) is 5.03. The van der Waals surface area contributed by atoms with Crippen molar-refractivity contribution in [2.75, 3.05) is 6.54 Å². The second-order valence-electron chi connectivity index (χ2n) is 9.17. The Balaban J connectivity index is 2.53. The van der Waals surface area contributed by atoms with E-state index < -0.39 is 0 Å². The summed E-state index contributed by atoms with van der Waals surface area (Å²) in [7, 11) is 0. The molecule has 0 aromatic carbocycles. The van der Waals surface area contributed by atoms with Crippen molar-refractivity contribution >= 4 is 0 Å². The maximum absolute atomic E-state index is 4.01. The van der Waals surface area contributed by atoms with Crippen LogP contribution in [0.3, 0.4) is 0 Å². The Morgan fingerprint density at radius 2 is 1.55 bits per heavy atom. The molecule has 0 heterocycles. The lowest BCUT2D eigenvalue weighted by atomic mass is 9.81. The zero-order valence-electron chi connectivity index (χ0n) is 16.9. The van der Waals surface area contributed by atoms with E-state index in [0.29, 0.717) is 11.0 Å². The van der Waals surface area contributed by atoms with E-state index >= 15 is 0 Å². The predicted octanol–water partition coefficient (Wildman–Crippen LogP) is 6.14. The van der Waals surface area contributed by atoms with Crippen LogP contribution in [0.5, 0.6) is 0 Å². The molecule has 1 fully saturated rings. The first-order valence-electron chi connectivity index (χ1n) is 9.89. The van der Waals surface area contributed by atoms with Crippen molar-refractivity contribution in [3.8, 4) is 0 Å². The van der Waals surface area contributed by atoms with Gasteiger partial charge in [0.05, 0.1) is 0 Å². The van der Waals surface area contributed by atoms with Crippen molar-refractivity contribution in [2.45, 2.75) is 93.5 Å². The van der Waals surface area contributed by atoms with Crippen LogP contribution in [0, 0.1) is 35.0 Å². The van der Waals surface area contributed by atoms with Gasteiger partial charge in [0.25, 0.3) is 0 Å². The summed E-state index contributed by atoms with van der Waals surface area (Å²) in [4.78, 5) is 0. The number of nitrogens with one attached hydrogen (secondary N) is 1. The van der Waals surface area contributed by atoms with E-state index in [1.807, 2.05) is 0 Å². The van der Waals surface area contributed by atoms with Crippen LogP contribution in [0.25, 0.3) is 0 Å². The predicted molar refractivity (Wildman–Crippen MR) is 100 cm³/mol. The van der Waals surface area contributed by atoms with Gasteiger partial charge in [-0.1, -0.05) is 62.3 Å². The molecule has 0 bridgehead atoms.